The third-order valence-electron chi connectivity index (χ3n) is 5.38. The molecule has 6 heteroatoms. The first-order valence-electron chi connectivity index (χ1n) is 7.59. The fraction of sp³-hybridized carbons (Fsp3) is 0.667. The molecule has 2 aromatic heterocycles. The first-order valence-corrected chi connectivity index (χ1v) is 7.59. The van der Waals surface area contributed by atoms with Gasteiger partial charge in [0.15, 0.2) is 17.0 Å². The van der Waals surface area contributed by atoms with Crippen LogP contribution in [0.5, 0.6) is 0 Å². The van der Waals surface area contributed by atoms with Crippen molar-refractivity contribution in [3.05, 3.63) is 12.7 Å². The fourth-order valence-electron chi connectivity index (χ4n) is 4.32. The number of rotatable bonds is 3. The zero-order valence-electron chi connectivity index (χ0n) is 12.5. The largest absolute Gasteiger partial charge is 0.396 e. The molecule has 2 aliphatic carbocycles. The molecule has 1 N–H and O–H groups in total. The Bertz CT molecular complexity index is 682. The summed E-state index contributed by atoms with van der Waals surface area (Å²) in [7, 11) is 3.94. The van der Waals surface area contributed by atoms with Crippen LogP contribution < -0.4 is 4.90 Å². The molecule has 2 bridgehead atoms. The average Bonchev–Trinajstić information content (AvgIpc) is 3.18. The van der Waals surface area contributed by atoms with Gasteiger partial charge in [-0.15, -0.1) is 0 Å². The zero-order valence-corrected chi connectivity index (χ0v) is 12.5. The van der Waals surface area contributed by atoms with E-state index in [0.717, 1.165) is 36.2 Å². The molecule has 2 aromatic rings. The fourth-order valence-corrected chi connectivity index (χ4v) is 4.32. The summed E-state index contributed by atoms with van der Waals surface area (Å²) in [4.78, 5) is 15.3. The zero-order chi connectivity index (χ0) is 14.6. The van der Waals surface area contributed by atoms with Crippen LogP contribution in [0.3, 0.4) is 0 Å². The highest BCUT2D eigenvalue weighted by molar-refractivity contribution is 5.83. The van der Waals surface area contributed by atoms with Crippen molar-refractivity contribution in [2.24, 2.45) is 11.3 Å². The van der Waals surface area contributed by atoms with E-state index < -0.39 is 0 Å². The average molecular weight is 287 g/mol. The Morgan fingerprint density at radius 2 is 2.19 bits per heavy atom. The van der Waals surface area contributed by atoms with Crippen molar-refractivity contribution < 1.29 is 5.11 Å². The third-order valence-corrected chi connectivity index (χ3v) is 5.38. The maximum atomic E-state index is 9.73. The van der Waals surface area contributed by atoms with Crippen LogP contribution in [0.25, 0.3) is 11.2 Å². The van der Waals surface area contributed by atoms with Gasteiger partial charge in [0.1, 0.15) is 6.33 Å². The summed E-state index contributed by atoms with van der Waals surface area (Å²) in [6.45, 7) is 0.310. The van der Waals surface area contributed by atoms with Crippen LogP contribution in [0.2, 0.25) is 0 Å². The van der Waals surface area contributed by atoms with Gasteiger partial charge in [0.05, 0.1) is 6.33 Å². The predicted molar refractivity (Wildman–Crippen MR) is 80.2 cm³/mol. The van der Waals surface area contributed by atoms with Gasteiger partial charge in [-0.05, 0) is 37.0 Å². The molecule has 0 aromatic carbocycles. The molecule has 2 saturated carbocycles. The van der Waals surface area contributed by atoms with Crippen molar-refractivity contribution in [3.63, 3.8) is 0 Å². The maximum absolute atomic E-state index is 9.73. The first kappa shape index (κ1) is 13.0. The van der Waals surface area contributed by atoms with E-state index in [1.165, 1.54) is 6.42 Å². The van der Waals surface area contributed by atoms with E-state index in [1.807, 2.05) is 25.3 Å². The number of imidazole rings is 1. The van der Waals surface area contributed by atoms with E-state index in [9.17, 15) is 5.11 Å². The van der Waals surface area contributed by atoms with Crippen molar-refractivity contribution >= 4 is 17.0 Å². The molecular weight excluding hydrogens is 266 g/mol. The minimum atomic E-state index is 0.142. The number of aromatic nitrogens is 4. The summed E-state index contributed by atoms with van der Waals surface area (Å²) in [6, 6.07) is 0.417. The van der Waals surface area contributed by atoms with Gasteiger partial charge in [0.25, 0.3) is 0 Å². The van der Waals surface area contributed by atoms with E-state index in [4.69, 9.17) is 0 Å². The molecule has 0 aliphatic heterocycles. The smallest absolute Gasteiger partial charge is 0.165 e. The second kappa shape index (κ2) is 4.40. The van der Waals surface area contributed by atoms with Crippen LogP contribution in [0.1, 0.15) is 31.7 Å². The molecule has 3 atom stereocenters. The van der Waals surface area contributed by atoms with Gasteiger partial charge in [-0.1, -0.05) is 0 Å². The molecule has 2 heterocycles. The van der Waals surface area contributed by atoms with E-state index in [0.29, 0.717) is 18.6 Å². The van der Waals surface area contributed by atoms with Crippen molar-refractivity contribution in [2.45, 2.75) is 31.7 Å². The lowest BCUT2D eigenvalue weighted by atomic mass is 9.83. The lowest BCUT2D eigenvalue weighted by Gasteiger charge is -2.29. The monoisotopic (exact) mass is 287 g/mol. The molecule has 6 nitrogen and oxygen atoms in total. The Kier molecular flexibility index (Phi) is 2.73. The predicted octanol–water partition coefficient (Wildman–Crippen LogP) is 1.62. The molecule has 21 heavy (non-hydrogen) atoms. The van der Waals surface area contributed by atoms with Crippen molar-refractivity contribution in [2.75, 3.05) is 25.6 Å². The summed E-state index contributed by atoms with van der Waals surface area (Å²) in [5.41, 5.74) is 1.92. The van der Waals surface area contributed by atoms with Gasteiger partial charge in [-0.3, -0.25) is 0 Å². The minimum Gasteiger partial charge on any atom is -0.396 e. The van der Waals surface area contributed by atoms with Gasteiger partial charge in [0, 0.05) is 26.7 Å². The van der Waals surface area contributed by atoms with E-state index in [1.54, 1.807) is 6.33 Å². The highest BCUT2D eigenvalue weighted by Gasteiger charge is 2.51. The Hall–Kier alpha value is -1.69. The van der Waals surface area contributed by atoms with E-state index >= 15 is 0 Å². The van der Waals surface area contributed by atoms with Gasteiger partial charge in [-0.2, -0.15) is 0 Å². The Labute approximate surface area is 123 Å². The topological polar surface area (TPSA) is 67.1 Å². The second-order valence-corrected chi connectivity index (χ2v) is 6.85. The van der Waals surface area contributed by atoms with Gasteiger partial charge in [-0.25, -0.2) is 15.0 Å². The summed E-state index contributed by atoms with van der Waals surface area (Å²) in [5, 5.41) is 9.73. The molecule has 4 rings (SSSR count). The highest BCUT2D eigenvalue weighted by atomic mass is 16.3. The van der Waals surface area contributed by atoms with Crippen molar-refractivity contribution in [3.8, 4) is 0 Å². The molecule has 0 saturated heterocycles. The Morgan fingerprint density at radius 1 is 1.33 bits per heavy atom. The highest BCUT2D eigenvalue weighted by Crippen LogP contribution is 2.58. The van der Waals surface area contributed by atoms with Crippen LogP contribution in [0.15, 0.2) is 12.7 Å². The molecule has 2 aliphatic rings. The van der Waals surface area contributed by atoms with E-state index in [2.05, 4.69) is 19.5 Å². The lowest BCUT2D eigenvalue weighted by Crippen LogP contribution is -2.23. The third kappa shape index (κ3) is 1.78. The van der Waals surface area contributed by atoms with Gasteiger partial charge in [0.2, 0.25) is 0 Å². The molecule has 0 spiro atoms. The number of anilines is 1. The number of hydrogen-bond donors (Lipinski definition) is 1. The van der Waals surface area contributed by atoms with Crippen LogP contribution in [0.4, 0.5) is 5.82 Å². The molecule has 112 valence electrons. The number of fused-ring (bicyclic) bond motifs is 3. The van der Waals surface area contributed by atoms with Crippen LogP contribution in [-0.2, 0) is 0 Å². The number of aliphatic hydroxyl groups excluding tert-OH is 1. The number of aliphatic hydroxyl groups is 1. The normalized spacial score (nSPS) is 31.2. The van der Waals surface area contributed by atoms with Gasteiger partial charge < -0.3 is 14.6 Å². The molecule has 0 unspecified atom stereocenters. The quantitative estimate of drug-likeness (QED) is 0.929. The first-order chi connectivity index (χ1) is 10.1. The van der Waals surface area contributed by atoms with Crippen molar-refractivity contribution in [1.29, 1.82) is 0 Å². The maximum Gasteiger partial charge on any atom is 0.165 e. The second-order valence-electron chi connectivity index (χ2n) is 6.85. The van der Waals surface area contributed by atoms with Crippen LogP contribution >= 0.6 is 0 Å². The Morgan fingerprint density at radius 3 is 2.90 bits per heavy atom. The van der Waals surface area contributed by atoms with Crippen molar-refractivity contribution in [1.82, 2.24) is 19.5 Å². The summed E-state index contributed by atoms with van der Waals surface area (Å²) < 4.78 is 2.21. The van der Waals surface area contributed by atoms with Crippen LogP contribution in [0, 0.1) is 11.3 Å². The Balaban J connectivity index is 1.77. The molecule has 0 amide bonds. The standard InChI is InChI=1S/C15H21N5O/c1-19(2)13-12-14(17-8-16-13)20(9-18-12)11-6-15(7-21)4-3-10(11)5-15/h8-11,21H,3-7H2,1-2H3/t10-,11-,15-/m1/s1. The minimum absolute atomic E-state index is 0.142. The van der Waals surface area contributed by atoms with E-state index in [-0.39, 0.29) is 5.41 Å². The summed E-state index contributed by atoms with van der Waals surface area (Å²) in [5.74, 6) is 1.51. The van der Waals surface area contributed by atoms with Crippen LogP contribution in [-0.4, -0.2) is 45.3 Å². The molecular formula is C15H21N5O. The molecule has 2 fully saturated rings. The summed E-state index contributed by atoms with van der Waals surface area (Å²) >= 11 is 0. The SMILES string of the molecule is CN(C)c1ncnc2c1ncn2[C@@H]1C[C@@]2(CO)CC[C@@H]1C2. The number of hydrogen-bond acceptors (Lipinski definition) is 5. The summed E-state index contributed by atoms with van der Waals surface area (Å²) in [6.07, 6.45) is 8.07. The van der Waals surface area contributed by atoms with Gasteiger partial charge >= 0.3 is 0 Å². The number of nitrogens with zero attached hydrogens (tertiary/aromatic N) is 5. The molecule has 0 radical (unpaired) electrons. The lowest BCUT2D eigenvalue weighted by molar-refractivity contribution is 0.123.